The molecule has 0 fully saturated rings. The monoisotopic (exact) mass is 421 g/mol. The lowest BCUT2D eigenvalue weighted by atomic mass is 10.2. The lowest BCUT2D eigenvalue weighted by Crippen LogP contribution is -2.24. The average Bonchev–Trinajstić information content (AvgIpc) is 2.41. The van der Waals surface area contributed by atoms with E-state index in [1.807, 2.05) is 0 Å². The van der Waals surface area contributed by atoms with Gasteiger partial charge in [-0.1, -0.05) is 11.6 Å². The predicted octanol–water partition coefficient (Wildman–Crippen LogP) is 3.38. The van der Waals surface area contributed by atoms with Crippen LogP contribution < -0.4 is 5.56 Å². The van der Waals surface area contributed by atoms with Crippen LogP contribution in [0.3, 0.4) is 0 Å². The lowest BCUT2D eigenvalue weighted by molar-refractivity contribution is -0.384. The van der Waals surface area contributed by atoms with Crippen LogP contribution in [0, 0.1) is 10.1 Å². The normalized spacial score (nSPS) is 10.6. The fourth-order valence-corrected chi connectivity index (χ4v) is 2.30. The minimum absolute atomic E-state index is 0.101. The van der Waals surface area contributed by atoms with E-state index < -0.39 is 4.92 Å². The van der Waals surface area contributed by atoms with E-state index in [0.717, 1.165) is 0 Å². The third-order valence-electron chi connectivity index (χ3n) is 2.51. The highest BCUT2D eigenvalue weighted by Gasteiger charge is 2.12. The number of nitro groups is 1. The van der Waals surface area contributed by atoms with Gasteiger partial charge in [-0.05, 0) is 43.5 Å². The van der Waals surface area contributed by atoms with E-state index in [1.54, 1.807) is 0 Å². The number of benzene rings is 1. The number of halogens is 3. The molecule has 0 N–H and O–H groups in total. The molecule has 1 aromatic carbocycles. The standard InChI is InChI=1S/C11H6Br2ClN3O3/c12-8-4-15-16(11(18)10(8)13)5-6-1-2-7(17(19)20)3-9(6)14/h1-4H,5H2. The van der Waals surface area contributed by atoms with E-state index in [0.29, 0.717) is 14.5 Å². The summed E-state index contributed by atoms with van der Waals surface area (Å²) < 4.78 is 2.11. The molecule has 0 aliphatic carbocycles. The van der Waals surface area contributed by atoms with Gasteiger partial charge in [0.1, 0.15) is 4.47 Å². The summed E-state index contributed by atoms with van der Waals surface area (Å²) in [6.45, 7) is 0.127. The maximum atomic E-state index is 12.0. The highest BCUT2D eigenvalue weighted by molar-refractivity contribution is 9.13. The Morgan fingerprint density at radius 1 is 1.40 bits per heavy atom. The molecule has 0 atom stereocenters. The van der Waals surface area contributed by atoms with Crippen molar-refractivity contribution in [1.82, 2.24) is 9.78 Å². The Bertz CT molecular complexity index is 748. The second kappa shape index (κ2) is 6.02. The molecule has 0 radical (unpaired) electrons. The first kappa shape index (κ1) is 15.1. The Morgan fingerprint density at radius 2 is 2.10 bits per heavy atom. The fourth-order valence-electron chi connectivity index (χ4n) is 1.50. The smallest absolute Gasteiger partial charge is 0.266 e. The fraction of sp³-hybridized carbons (Fsp3) is 0.0909. The average molecular weight is 423 g/mol. The Balaban J connectivity index is 2.38. The van der Waals surface area contributed by atoms with Crippen LogP contribution in [0.4, 0.5) is 5.69 Å². The van der Waals surface area contributed by atoms with Crippen LogP contribution in [0.15, 0.2) is 38.1 Å². The van der Waals surface area contributed by atoms with Gasteiger partial charge in [0.15, 0.2) is 0 Å². The number of rotatable bonds is 3. The third kappa shape index (κ3) is 3.08. The van der Waals surface area contributed by atoms with E-state index in [2.05, 4.69) is 37.0 Å². The van der Waals surface area contributed by atoms with Crippen molar-refractivity contribution in [3.8, 4) is 0 Å². The Kier molecular flexibility index (Phi) is 4.56. The van der Waals surface area contributed by atoms with Crippen LogP contribution in [0.2, 0.25) is 5.02 Å². The first-order valence-corrected chi connectivity index (χ1v) is 7.20. The number of hydrogen-bond donors (Lipinski definition) is 0. The van der Waals surface area contributed by atoms with Crippen molar-refractivity contribution in [3.05, 3.63) is 64.4 Å². The number of nitrogens with zero attached hydrogens (tertiary/aromatic N) is 3. The third-order valence-corrected chi connectivity index (χ3v) is 4.76. The Hall–Kier alpha value is -1.25. The molecule has 104 valence electrons. The minimum Gasteiger partial charge on any atom is -0.266 e. The molecule has 1 aromatic heterocycles. The maximum absolute atomic E-state index is 12.0. The first-order valence-electron chi connectivity index (χ1n) is 5.24. The van der Waals surface area contributed by atoms with E-state index in [4.69, 9.17) is 11.6 Å². The van der Waals surface area contributed by atoms with Crippen LogP contribution >= 0.6 is 43.5 Å². The molecule has 2 aromatic rings. The van der Waals surface area contributed by atoms with Crippen LogP contribution in [-0.4, -0.2) is 14.7 Å². The SMILES string of the molecule is O=c1c(Br)c(Br)cnn1Cc1ccc([N+](=O)[O-])cc1Cl. The second-order valence-corrected chi connectivity index (χ2v) is 5.86. The van der Waals surface area contributed by atoms with Crippen molar-refractivity contribution in [2.75, 3.05) is 0 Å². The zero-order valence-corrected chi connectivity index (χ0v) is 13.6. The van der Waals surface area contributed by atoms with Gasteiger partial charge >= 0.3 is 0 Å². The summed E-state index contributed by atoms with van der Waals surface area (Å²) in [5.74, 6) is 0. The van der Waals surface area contributed by atoms with Gasteiger partial charge in [-0.25, -0.2) is 4.68 Å². The molecule has 20 heavy (non-hydrogen) atoms. The summed E-state index contributed by atoms with van der Waals surface area (Å²) in [5, 5.41) is 14.8. The van der Waals surface area contributed by atoms with Gasteiger partial charge < -0.3 is 0 Å². The van der Waals surface area contributed by atoms with Gasteiger partial charge in [-0.3, -0.25) is 14.9 Å². The summed E-state index contributed by atoms with van der Waals surface area (Å²) in [7, 11) is 0. The maximum Gasteiger partial charge on any atom is 0.282 e. The molecule has 0 aliphatic heterocycles. The zero-order chi connectivity index (χ0) is 14.9. The van der Waals surface area contributed by atoms with Crippen molar-refractivity contribution < 1.29 is 4.92 Å². The molecule has 9 heteroatoms. The first-order chi connectivity index (χ1) is 9.40. The van der Waals surface area contributed by atoms with Gasteiger partial charge in [0, 0.05) is 12.1 Å². The Labute approximate surface area is 134 Å². The number of hydrogen-bond acceptors (Lipinski definition) is 4. The molecule has 2 rings (SSSR count). The molecule has 0 saturated heterocycles. The molecule has 0 aliphatic rings. The van der Waals surface area contributed by atoms with Gasteiger partial charge in [-0.2, -0.15) is 5.10 Å². The molecule has 1 heterocycles. The topological polar surface area (TPSA) is 78.0 Å². The van der Waals surface area contributed by atoms with Gasteiger partial charge in [0.05, 0.1) is 27.2 Å². The summed E-state index contributed by atoms with van der Waals surface area (Å²) in [6.07, 6.45) is 1.48. The highest BCUT2D eigenvalue weighted by Crippen LogP contribution is 2.23. The van der Waals surface area contributed by atoms with Crippen LogP contribution in [0.25, 0.3) is 0 Å². The number of nitro benzene ring substituents is 1. The predicted molar refractivity (Wildman–Crippen MR) is 81.1 cm³/mol. The van der Waals surface area contributed by atoms with Crippen molar-refractivity contribution in [2.45, 2.75) is 6.54 Å². The van der Waals surface area contributed by atoms with E-state index in [9.17, 15) is 14.9 Å². The summed E-state index contributed by atoms with van der Waals surface area (Å²) in [6, 6.07) is 4.08. The van der Waals surface area contributed by atoms with E-state index in [-0.39, 0.29) is 22.8 Å². The van der Waals surface area contributed by atoms with Crippen LogP contribution in [0.5, 0.6) is 0 Å². The van der Waals surface area contributed by atoms with Crippen molar-refractivity contribution in [3.63, 3.8) is 0 Å². The molecule has 6 nitrogen and oxygen atoms in total. The lowest BCUT2D eigenvalue weighted by Gasteiger charge is -2.07. The van der Waals surface area contributed by atoms with Crippen molar-refractivity contribution in [1.29, 1.82) is 0 Å². The largest absolute Gasteiger partial charge is 0.282 e. The van der Waals surface area contributed by atoms with Crippen LogP contribution in [0.1, 0.15) is 5.56 Å². The molecule has 0 saturated carbocycles. The summed E-state index contributed by atoms with van der Waals surface area (Å²) in [5.41, 5.74) is 0.144. The second-order valence-electron chi connectivity index (χ2n) is 3.80. The van der Waals surface area contributed by atoms with Crippen molar-refractivity contribution in [2.24, 2.45) is 0 Å². The van der Waals surface area contributed by atoms with Crippen molar-refractivity contribution >= 4 is 49.1 Å². The summed E-state index contributed by atoms with van der Waals surface area (Å²) >= 11 is 12.3. The zero-order valence-electron chi connectivity index (χ0n) is 9.72. The number of aromatic nitrogens is 2. The Morgan fingerprint density at radius 3 is 2.70 bits per heavy atom. The molecule has 0 spiro atoms. The highest BCUT2D eigenvalue weighted by atomic mass is 79.9. The molecule has 0 bridgehead atoms. The van der Waals surface area contributed by atoms with Crippen LogP contribution in [-0.2, 0) is 6.54 Å². The van der Waals surface area contributed by atoms with Gasteiger partial charge in [-0.15, -0.1) is 0 Å². The minimum atomic E-state index is -0.531. The van der Waals surface area contributed by atoms with E-state index >= 15 is 0 Å². The van der Waals surface area contributed by atoms with Gasteiger partial charge in [0.2, 0.25) is 0 Å². The molecule has 0 unspecified atom stereocenters. The van der Waals surface area contributed by atoms with Gasteiger partial charge in [0.25, 0.3) is 11.2 Å². The van der Waals surface area contributed by atoms with E-state index in [1.165, 1.54) is 29.1 Å². The molecule has 0 amide bonds. The molecular formula is C11H6Br2ClN3O3. The number of non-ortho nitro benzene ring substituents is 1. The molecular weight excluding hydrogens is 417 g/mol. The quantitative estimate of drug-likeness (QED) is 0.560. The summed E-state index contributed by atoms with van der Waals surface area (Å²) in [4.78, 5) is 22.0.